The van der Waals surface area contributed by atoms with Gasteiger partial charge < -0.3 is 13.3 Å². The summed E-state index contributed by atoms with van der Waals surface area (Å²) in [7, 11) is 1.27. The molecule has 0 aliphatic heterocycles. The van der Waals surface area contributed by atoms with Crippen molar-refractivity contribution in [3.63, 3.8) is 0 Å². The molecule has 15 heavy (non-hydrogen) atoms. The van der Waals surface area contributed by atoms with Crippen LogP contribution in [-0.2, 0) is 19.9 Å². The third-order valence-electron chi connectivity index (χ3n) is 2.03. The lowest BCUT2D eigenvalue weighted by Gasteiger charge is -2.12. The quantitative estimate of drug-likeness (QED) is 0.690. The average molecular weight is 224 g/mol. The molecule has 0 atom stereocenters. The summed E-state index contributed by atoms with van der Waals surface area (Å²) in [4.78, 5) is 0. The van der Waals surface area contributed by atoms with Crippen molar-refractivity contribution in [1.82, 2.24) is 0 Å². The van der Waals surface area contributed by atoms with Gasteiger partial charge >= 0.3 is 9.53 Å². The van der Waals surface area contributed by atoms with Crippen molar-refractivity contribution in [2.45, 2.75) is 6.61 Å². The Labute approximate surface area is 92.3 Å². The highest BCUT2D eigenvalue weighted by Gasteiger charge is 2.11. The van der Waals surface area contributed by atoms with Crippen LogP contribution in [0, 0.1) is 0 Å². The van der Waals surface area contributed by atoms with Gasteiger partial charge in [0.2, 0.25) is 0 Å². The van der Waals surface area contributed by atoms with Crippen molar-refractivity contribution in [2.75, 3.05) is 14.2 Å². The first kappa shape index (κ1) is 12.1. The van der Waals surface area contributed by atoms with E-state index in [1.807, 2.05) is 30.3 Å². The van der Waals surface area contributed by atoms with E-state index in [9.17, 15) is 0 Å². The number of benzene rings is 1. The predicted molar refractivity (Wildman–Crippen MR) is 62.5 cm³/mol. The van der Waals surface area contributed by atoms with Crippen LogP contribution in [0.15, 0.2) is 30.8 Å². The molecule has 0 spiro atoms. The summed E-state index contributed by atoms with van der Waals surface area (Å²) in [5, 5.41) is 0. The van der Waals surface area contributed by atoms with Gasteiger partial charge in [0, 0.05) is 14.2 Å². The summed E-state index contributed by atoms with van der Waals surface area (Å²) in [6.07, 6.45) is 1.81. The zero-order chi connectivity index (χ0) is 11.1. The maximum absolute atomic E-state index is 5.52. The molecule has 0 aliphatic carbocycles. The van der Waals surface area contributed by atoms with E-state index in [1.165, 1.54) is 0 Å². The van der Waals surface area contributed by atoms with Gasteiger partial charge in [-0.05, 0) is 11.1 Å². The highest BCUT2D eigenvalue weighted by Crippen LogP contribution is 2.11. The van der Waals surface area contributed by atoms with Crippen LogP contribution in [0.1, 0.15) is 11.1 Å². The molecule has 82 valence electrons. The summed E-state index contributed by atoms with van der Waals surface area (Å²) in [6, 6.07) is 7.96. The van der Waals surface area contributed by atoms with E-state index < -0.39 is 9.53 Å². The fourth-order valence-electron chi connectivity index (χ4n) is 1.25. The zero-order valence-corrected chi connectivity index (χ0v) is 10.3. The summed E-state index contributed by atoms with van der Waals surface area (Å²) in [5.74, 6) is 0. The molecule has 0 heterocycles. The Morgan fingerprint density at radius 2 is 1.93 bits per heavy atom. The Morgan fingerprint density at radius 3 is 2.53 bits per heavy atom. The lowest BCUT2D eigenvalue weighted by Crippen LogP contribution is -2.23. The molecule has 0 N–H and O–H groups in total. The van der Waals surface area contributed by atoms with E-state index in [2.05, 4.69) is 6.58 Å². The Morgan fingerprint density at radius 1 is 1.27 bits per heavy atom. The first-order chi connectivity index (χ1) is 7.31. The summed E-state index contributed by atoms with van der Waals surface area (Å²) in [5.41, 5.74) is 2.18. The molecule has 0 radical (unpaired) electrons. The Hall–Kier alpha value is -0.943. The highest BCUT2D eigenvalue weighted by molar-refractivity contribution is 6.36. The molecular weight excluding hydrogens is 208 g/mol. The second-order valence-electron chi connectivity index (χ2n) is 2.97. The molecule has 0 saturated carbocycles. The van der Waals surface area contributed by atoms with E-state index >= 15 is 0 Å². The fraction of sp³-hybridized carbons (Fsp3) is 0.273. The molecular formula is C11H16O3Si. The van der Waals surface area contributed by atoms with Gasteiger partial charge in [-0.15, -0.1) is 0 Å². The van der Waals surface area contributed by atoms with Gasteiger partial charge in [-0.25, -0.2) is 0 Å². The van der Waals surface area contributed by atoms with Crippen molar-refractivity contribution in [2.24, 2.45) is 0 Å². The maximum Gasteiger partial charge on any atom is 0.483 e. The normalized spacial score (nSPS) is 10.6. The number of hydrogen-bond donors (Lipinski definition) is 0. The highest BCUT2D eigenvalue weighted by atomic mass is 28.3. The Bertz CT molecular complexity index is 310. The van der Waals surface area contributed by atoms with Crippen LogP contribution >= 0.6 is 0 Å². The topological polar surface area (TPSA) is 27.7 Å². The SMILES string of the molecule is C=Cc1ccccc1CO[SiH](OC)OC. The molecule has 1 rings (SSSR count). The second kappa shape index (κ2) is 6.52. The average Bonchev–Trinajstić information content (AvgIpc) is 2.31. The lowest BCUT2D eigenvalue weighted by atomic mass is 10.1. The van der Waals surface area contributed by atoms with Gasteiger partial charge in [0.15, 0.2) is 0 Å². The monoisotopic (exact) mass is 224 g/mol. The molecule has 0 fully saturated rings. The maximum atomic E-state index is 5.52. The van der Waals surface area contributed by atoms with Gasteiger partial charge in [0.1, 0.15) is 0 Å². The first-order valence-corrected chi connectivity index (χ1v) is 6.10. The van der Waals surface area contributed by atoms with Crippen LogP contribution in [0.2, 0.25) is 0 Å². The van der Waals surface area contributed by atoms with Crippen molar-refractivity contribution in [3.8, 4) is 0 Å². The smallest absolute Gasteiger partial charge is 0.379 e. The van der Waals surface area contributed by atoms with Crippen LogP contribution in [-0.4, -0.2) is 23.7 Å². The first-order valence-electron chi connectivity index (χ1n) is 4.69. The summed E-state index contributed by atoms with van der Waals surface area (Å²) >= 11 is 0. The minimum absolute atomic E-state index is 0.501. The van der Waals surface area contributed by atoms with E-state index in [1.54, 1.807) is 14.2 Å². The van der Waals surface area contributed by atoms with Crippen molar-refractivity contribution in [3.05, 3.63) is 42.0 Å². The Kier molecular flexibility index (Phi) is 5.27. The molecule has 3 nitrogen and oxygen atoms in total. The van der Waals surface area contributed by atoms with E-state index in [4.69, 9.17) is 13.3 Å². The minimum Gasteiger partial charge on any atom is -0.379 e. The predicted octanol–water partition coefficient (Wildman–Crippen LogP) is 1.86. The molecule has 0 unspecified atom stereocenters. The van der Waals surface area contributed by atoms with Crippen molar-refractivity contribution in [1.29, 1.82) is 0 Å². The number of hydrogen-bond acceptors (Lipinski definition) is 3. The molecule has 1 aromatic carbocycles. The molecule has 0 bridgehead atoms. The molecule has 0 aromatic heterocycles. The van der Waals surface area contributed by atoms with Crippen LogP contribution < -0.4 is 0 Å². The molecule has 4 heteroatoms. The van der Waals surface area contributed by atoms with E-state index in [0.717, 1.165) is 11.1 Å². The molecule has 0 amide bonds. The van der Waals surface area contributed by atoms with Gasteiger partial charge in [-0.1, -0.05) is 36.9 Å². The third kappa shape index (κ3) is 3.60. The standard InChI is InChI=1S/C11H16O3Si/c1-4-10-7-5-6-8-11(10)9-14-15(12-2)13-3/h4-8,15H,1,9H2,2-3H3. The lowest BCUT2D eigenvalue weighted by molar-refractivity contribution is 0.128. The largest absolute Gasteiger partial charge is 0.483 e. The van der Waals surface area contributed by atoms with E-state index in [-0.39, 0.29) is 0 Å². The minimum atomic E-state index is -1.93. The van der Waals surface area contributed by atoms with Crippen LogP contribution in [0.5, 0.6) is 0 Å². The van der Waals surface area contributed by atoms with Crippen molar-refractivity contribution >= 4 is 15.6 Å². The second-order valence-corrected chi connectivity index (χ2v) is 4.83. The number of rotatable bonds is 6. The molecule has 0 aliphatic rings. The van der Waals surface area contributed by atoms with Gasteiger partial charge in [0.25, 0.3) is 0 Å². The summed E-state index contributed by atoms with van der Waals surface area (Å²) < 4.78 is 15.6. The van der Waals surface area contributed by atoms with Crippen molar-refractivity contribution < 1.29 is 13.3 Å². The van der Waals surface area contributed by atoms with Gasteiger partial charge in [-0.2, -0.15) is 0 Å². The third-order valence-corrected chi connectivity index (χ3v) is 3.24. The van der Waals surface area contributed by atoms with Crippen LogP contribution in [0.4, 0.5) is 0 Å². The van der Waals surface area contributed by atoms with Crippen LogP contribution in [0.3, 0.4) is 0 Å². The van der Waals surface area contributed by atoms with Gasteiger partial charge in [-0.3, -0.25) is 0 Å². The fourth-order valence-corrected chi connectivity index (χ4v) is 2.04. The van der Waals surface area contributed by atoms with Gasteiger partial charge in [0.05, 0.1) is 6.61 Å². The van der Waals surface area contributed by atoms with E-state index in [0.29, 0.717) is 6.61 Å². The molecule has 1 aromatic rings. The summed E-state index contributed by atoms with van der Waals surface area (Å²) in [6.45, 7) is 4.25. The zero-order valence-electron chi connectivity index (χ0n) is 9.10. The molecule has 0 saturated heterocycles. The Balaban J connectivity index is 2.60. The van der Waals surface area contributed by atoms with Crippen LogP contribution in [0.25, 0.3) is 6.08 Å².